The highest BCUT2D eigenvalue weighted by Gasteiger charge is 2.25. The van der Waals surface area contributed by atoms with E-state index in [2.05, 4.69) is 43.7 Å². The van der Waals surface area contributed by atoms with Crippen LogP contribution in [0.4, 0.5) is 5.82 Å². The van der Waals surface area contributed by atoms with Crippen molar-refractivity contribution in [1.82, 2.24) is 20.6 Å². The number of fused-ring (bicyclic) bond motifs is 1. The fraction of sp³-hybridized carbons (Fsp3) is 0.421. The smallest absolute Gasteiger partial charge is 0.223 e. The number of benzene rings is 1. The molecule has 4 rings (SSSR count). The second kappa shape index (κ2) is 7.19. The van der Waals surface area contributed by atoms with Gasteiger partial charge in [0.15, 0.2) is 0 Å². The number of carbonyl (C=O) groups is 1. The van der Waals surface area contributed by atoms with E-state index in [0.29, 0.717) is 6.54 Å². The zero-order chi connectivity index (χ0) is 17.1. The summed E-state index contributed by atoms with van der Waals surface area (Å²) in [5.74, 6) is 1.15. The van der Waals surface area contributed by atoms with E-state index in [9.17, 15) is 4.79 Å². The van der Waals surface area contributed by atoms with Crippen molar-refractivity contribution in [3.05, 3.63) is 53.5 Å². The second-order valence-electron chi connectivity index (χ2n) is 6.75. The molecule has 0 bridgehead atoms. The number of amides is 1. The topological polar surface area (TPSA) is 70.2 Å². The molecule has 6 nitrogen and oxygen atoms in total. The molecule has 2 N–H and O–H groups in total. The molecule has 2 aliphatic rings. The molecule has 25 heavy (non-hydrogen) atoms. The molecule has 2 aromatic rings. The van der Waals surface area contributed by atoms with E-state index < -0.39 is 0 Å². The van der Waals surface area contributed by atoms with Gasteiger partial charge in [0.25, 0.3) is 0 Å². The molecular weight excluding hydrogens is 314 g/mol. The van der Waals surface area contributed by atoms with Gasteiger partial charge >= 0.3 is 0 Å². The lowest BCUT2D eigenvalue weighted by Crippen LogP contribution is -2.40. The number of carbonyl (C=O) groups excluding carboxylic acids is 1. The molecular formula is C19H23N5O. The first-order valence-corrected chi connectivity index (χ1v) is 8.89. The average Bonchev–Trinajstić information content (AvgIpc) is 3.15. The molecule has 6 heteroatoms. The third kappa shape index (κ3) is 3.64. The number of rotatable bonds is 4. The third-order valence-corrected chi connectivity index (χ3v) is 5.11. The summed E-state index contributed by atoms with van der Waals surface area (Å²) in [6, 6.07) is 6.48. The standard InChI is InChI=1S/C19H23N5O/c25-19(23-10-14-1-2-16-11-21-12-17(16)9-14)15-3-7-24(8-4-15)18-13-20-5-6-22-18/h1-2,5-6,9,13,15,21H,3-4,7-8,10-12H2,(H,23,25). The van der Waals surface area contributed by atoms with E-state index in [-0.39, 0.29) is 11.8 Å². The van der Waals surface area contributed by atoms with Crippen LogP contribution < -0.4 is 15.5 Å². The first kappa shape index (κ1) is 16.0. The van der Waals surface area contributed by atoms with Crippen molar-refractivity contribution in [2.45, 2.75) is 32.5 Å². The summed E-state index contributed by atoms with van der Waals surface area (Å²) in [7, 11) is 0. The van der Waals surface area contributed by atoms with Crippen LogP contribution in [-0.2, 0) is 24.4 Å². The minimum absolute atomic E-state index is 0.0871. The summed E-state index contributed by atoms with van der Waals surface area (Å²) in [6.07, 6.45) is 6.88. The first-order chi connectivity index (χ1) is 12.3. The highest BCUT2D eigenvalue weighted by molar-refractivity contribution is 5.79. The van der Waals surface area contributed by atoms with Crippen LogP contribution in [0.1, 0.15) is 29.5 Å². The summed E-state index contributed by atoms with van der Waals surface area (Å²) in [5.41, 5.74) is 3.89. The molecule has 0 saturated carbocycles. The Morgan fingerprint density at radius 1 is 1.20 bits per heavy atom. The Balaban J connectivity index is 1.28. The van der Waals surface area contributed by atoms with E-state index in [1.807, 2.05) is 0 Å². The number of aromatic nitrogens is 2. The van der Waals surface area contributed by atoms with Crippen molar-refractivity contribution in [2.24, 2.45) is 5.92 Å². The quantitative estimate of drug-likeness (QED) is 0.887. The Hall–Kier alpha value is -2.47. The lowest BCUT2D eigenvalue weighted by molar-refractivity contribution is -0.125. The van der Waals surface area contributed by atoms with Crippen LogP contribution in [-0.4, -0.2) is 29.0 Å². The van der Waals surface area contributed by atoms with Gasteiger partial charge in [-0.1, -0.05) is 18.2 Å². The van der Waals surface area contributed by atoms with E-state index in [4.69, 9.17) is 0 Å². The summed E-state index contributed by atoms with van der Waals surface area (Å²) >= 11 is 0. The number of piperidine rings is 1. The van der Waals surface area contributed by atoms with Crippen LogP contribution >= 0.6 is 0 Å². The zero-order valence-corrected chi connectivity index (χ0v) is 14.2. The van der Waals surface area contributed by atoms with E-state index >= 15 is 0 Å². The summed E-state index contributed by atoms with van der Waals surface area (Å²) in [6.45, 7) is 4.18. The van der Waals surface area contributed by atoms with Crippen LogP contribution in [0.3, 0.4) is 0 Å². The summed E-state index contributed by atoms with van der Waals surface area (Å²) in [4.78, 5) is 23.1. The Bertz CT molecular complexity index is 741. The van der Waals surface area contributed by atoms with Crippen LogP contribution in [0, 0.1) is 5.92 Å². The number of hydrogen-bond donors (Lipinski definition) is 2. The van der Waals surface area contributed by atoms with Crippen molar-refractivity contribution in [3.63, 3.8) is 0 Å². The Labute approximate surface area is 147 Å². The lowest BCUT2D eigenvalue weighted by Gasteiger charge is -2.31. The Morgan fingerprint density at radius 3 is 2.84 bits per heavy atom. The van der Waals surface area contributed by atoms with Gasteiger partial charge in [-0.3, -0.25) is 9.78 Å². The van der Waals surface area contributed by atoms with E-state index in [1.165, 1.54) is 16.7 Å². The summed E-state index contributed by atoms with van der Waals surface area (Å²) < 4.78 is 0. The molecule has 0 radical (unpaired) electrons. The van der Waals surface area contributed by atoms with Crippen molar-refractivity contribution in [3.8, 4) is 0 Å². The van der Waals surface area contributed by atoms with Gasteiger partial charge in [-0.2, -0.15) is 0 Å². The van der Waals surface area contributed by atoms with Gasteiger partial charge in [0, 0.05) is 51.0 Å². The predicted molar refractivity (Wildman–Crippen MR) is 95.8 cm³/mol. The molecule has 1 fully saturated rings. The van der Waals surface area contributed by atoms with Crippen molar-refractivity contribution < 1.29 is 4.79 Å². The maximum Gasteiger partial charge on any atom is 0.223 e. The van der Waals surface area contributed by atoms with Gasteiger partial charge in [0.2, 0.25) is 5.91 Å². The van der Waals surface area contributed by atoms with Gasteiger partial charge in [0.05, 0.1) is 6.20 Å². The lowest BCUT2D eigenvalue weighted by atomic mass is 9.96. The highest BCUT2D eigenvalue weighted by Crippen LogP contribution is 2.22. The Kier molecular flexibility index (Phi) is 4.61. The molecule has 130 valence electrons. The number of nitrogens with one attached hydrogen (secondary N) is 2. The average molecular weight is 337 g/mol. The van der Waals surface area contributed by atoms with Crippen molar-refractivity contribution >= 4 is 11.7 Å². The number of nitrogens with zero attached hydrogens (tertiary/aromatic N) is 3. The minimum Gasteiger partial charge on any atom is -0.355 e. The van der Waals surface area contributed by atoms with Gasteiger partial charge in [0.1, 0.15) is 5.82 Å². The molecule has 0 aliphatic carbocycles. The maximum atomic E-state index is 12.5. The predicted octanol–water partition coefficient (Wildman–Crippen LogP) is 1.61. The largest absolute Gasteiger partial charge is 0.355 e. The molecule has 1 saturated heterocycles. The number of hydrogen-bond acceptors (Lipinski definition) is 5. The van der Waals surface area contributed by atoms with E-state index in [0.717, 1.165) is 44.8 Å². The summed E-state index contributed by atoms with van der Waals surface area (Å²) in [5, 5.41) is 6.46. The van der Waals surface area contributed by atoms with Gasteiger partial charge in [-0.15, -0.1) is 0 Å². The second-order valence-corrected chi connectivity index (χ2v) is 6.75. The molecule has 0 atom stereocenters. The molecule has 3 heterocycles. The van der Waals surface area contributed by atoms with Crippen LogP contribution in [0.15, 0.2) is 36.8 Å². The normalized spacial score (nSPS) is 17.4. The fourth-order valence-electron chi connectivity index (χ4n) is 3.62. The van der Waals surface area contributed by atoms with Crippen molar-refractivity contribution in [2.75, 3.05) is 18.0 Å². The molecule has 0 unspecified atom stereocenters. The first-order valence-electron chi connectivity index (χ1n) is 8.89. The maximum absolute atomic E-state index is 12.5. The fourth-order valence-corrected chi connectivity index (χ4v) is 3.62. The highest BCUT2D eigenvalue weighted by atomic mass is 16.1. The SMILES string of the molecule is O=C(NCc1ccc2c(c1)CNC2)C1CCN(c2cnccn2)CC1. The van der Waals surface area contributed by atoms with Crippen LogP contribution in [0.25, 0.3) is 0 Å². The molecule has 1 aromatic heterocycles. The van der Waals surface area contributed by atoms with Gasteiger partial charge in [-0.25, -0.2) is 4.98 Å². The molecule has 1 amide bonds. The van der Waals surface area contributed by atoms with Gasteiger partial charge < -0.3 is 15.5 Å². The minimum atomic E-state index is 0.0871. The van der Waals surface area contributed by atoms with Crippen LogP contribution in [0.5, 0.6) is 0 Å². The van der Waals surface area contributed by atoms with Crippen LogP contribution in [0.2, 0.25) is 0 Å². The monoisotopic (exact) mass is 337 g/mol. The van der Waals surface area contributed by atoms with E-state index in [1.54, 1.807) is 18.6 Å². The molecule has 2 aliphatic heterocycles. The third-order valence-electron chi connectivity index (χ3n) is 5.11. The molecule has 1 aromatic carbocycles. The van der Waals surface area contributed by atoms with Crippen molar-refractivity contribution in [1.29, 1.82) is 0 Å². The zero-order valence-electron chi connectivity index (χ0n) is 14.2. The number of anilines is 1. The Morgan fingerprint density at radius 2 is 2.04 bits per heavy atom. The van der Waals surface area contributed by atoms with Gasteiger partial charge in [-0.05, 0) is 29.5 Å². The molecule has 0 spiro atoms.